The molecule has 2 amide bonds. The predicted molar refractivity (Wildman–Crippen MR) is 131 cm³/mol. The fraction of sp³-hybridized carbons (Fsp3) is 0.160. The molecule has 0 unspecified atom stereocenters. The average molecular weight is 506 g/mol. The molecule has 0 radical (unpaired) electrons. The molecule has 190 valence electrons. The Kier molecular flexibility index (Phi) is 7.79. The summed E-state index contributed by atoms with van der Waals surface area (Å²) in [5.74, 6) is 0.280. The van der Waals surface area contributed by atoms with Crippen LogP contribution in [0.3, 0.4) is 0 Å². The van der Waals surface area contributed by atoms with Crippen molar-refractivity contribution in [2.75, 3.05) is 20.4 Å². The van der Waals surface area contributed by atoms with E-state index in [1.165, 1.54) is 25.3 Å². The molecule has 0 spiro atoms. The molecule has 1 aliphatic rings. The van der Waals surface area contributed by atoms with Crippen LogP contribution < -0.4 is 29.7 Å². The standard InChI is InChI=1S/C25H22N4O8/c1-34-21-10-18(19(29(32)33)11-23(21)35-14-16-5-3-2-4-6-16)12-27-28-24(30)13-26-25(31)17-7-8-20-22(9-17)37-15-36-20/h2-12H,13-15H2,1H3,(H,26,31)(H,28,30)/b27-12+. The molecule has 1 heterocycles. The number of hydrogen-bond donors (Lipinski definition) is 2. The third-order valence-electron chi connectivity index (χ3n) is 5.18. The predicted octanol–water partition coefficient (Wildman–Crippen LogP) is 2.79. The van der Waals surface area contributed by atoms with Gasteiger partial charge in [-0.25, -0.2) is 5.43 Å². The van der Waals surface area contributed by atoms with Crippen molar-refractivity contribution in [1.29, 1.82) is 0 Å². The number of fused-ring (bicyclic) bond motifs is 1. The van der Waals surface area contributed by atoms with Gasteiger partial charge in [-0.05, 0) is 29.8 Å². The van der Waals surface area contributed by atoms with E-state index in [-0.39, 0.29) is 48.3 Å². The average Bonchev–Trinajstić information content (AvgIpc) is 3.39. The van der Waals surface area contributed by atoms with Gasteiger partial charge in [0, 0.05) is 5.56 Å². The van der Waals surface area contributed by atoms with E-state index < -0.39 is 16.7 Å². The van der Waals surface area contributed by atoms with E-state index >= 15 is 0 Å². The summed E-state index contributed by atoms with van der Waals surface area (Å²) in [5.41, 5.74) is 3.18. The molecule has 37 heavy (non-hydrogen) atoms. The molecule has 4 rings (SSSR count). The maximum absolute atomic E-state index is 12.3. The van der Waals surface area contributed by atoms with Crippen LogP contribution in [0.25, 0.3) is 0 Å². The Balaban J connectivity index is 1.36. The SMILES string of the molecule is COc1cc(/C=N/NC(=O)CNC(=O)c2ccc3c(c2)OCO3)c([N+](=O)[O-])cc1OCc1ccccc1. The number of amides is 2. The van der Waals surface area contributed by atoms with Gasteiger partial charge in [-0.15, -0.1) is 0 Å². The molecule has 0 atom stereocenters. The van der Waals surface area contributed by atoms with Gasteiger partial charge in [0.1, 0.15) is 6.61 Å². The van der Waals surface area contributed by atoms with Crippen LogP contribution in [0.5, 0.6) is 23.0 Å². The van der Waals surface area contributed by atoms with Crippen LogP contribution in [-0.4, -0.2) is 43.4 Å². The van der Waals surface area contributed by atoms with Gasteiger partial charge < -0.3 is 24.3 Å². The summed E-state index contributed by atoms with van der Waals surface area (Å²) in [6, 6.07) is 16.6. The molecule has 12 heteroatoms. The fourth-order valence-corrected chi connectivity index (χ4v) is 3.35. The van der Waals surface area contributed by atoms with Crippen molar-refractivity contribution in [2.24, 2.45) is 5.10 Å². The van der Waals surface area contributed by atoms with E-state index in [4.69, 9.17) is 18.9 Å². The summed E-state index contributed by atoms with van der Waals surface area (Å²) in [7, 11) is 1.40. The first kappa shape index (κ1) is 25.0. The first-order chi connectivity index (χ1) is 17.9. The van der Waals surface area contributed by atoms with Crippen molar-refractivity contribution in [2.45, 2.75) is 6.61 Å². The van der Waals surface area contributed by atoms with Gasteiger partial charge in [-0.2, -0.15) is 5.10 Å². The lowest BCUT2D eigenvalue weighted by molar-refractivity contribution is -0.385. The Bertz CT molecular complexity index is 1340. The number of ether oxygens (including phenoxy) is 4. The van der Waals surface area contributed by atoms with Crippen molar-refractivity contribution >= 4 is 23.7 Å². The summed E-state index contributed by atoms with van der Waals surface area (Å²) in [6.07, 6.45) is 1.11. The van der Waals surface area contributed by atoms with Crippen LogP contribution in [-0.2, 0) is 11.4 Å². The molecule has 0 aromatic heterocycles. The molecule has 2 N–H and O–H groups in total. The van der Waals surface area contributed by atoms with Crippen molar-refractivity contribution in [3.05, 3.63) is 87.5 Å². The second kappa shape index (κ2) is 11.5. The number of hydrogen-bond acceptors (Lipinski definition) is 9. The minimum Gasteiger partial charge on any atom is -0.493 e. The number of nitro groups is 1. The van der Waals surface area contributed by atoms with E-state index in [9.17, 15) is 19.7 Å². The van der Waals surface area contributed by atoms with E-state index in [1.54, 1.807) is 12.1 Å². The van der Waals surface area contributed by atoms with Gasteiger partial charge >= 0.3 is 0 Å². The molecular weight excluding hydrogens is 484 g/mol. The molecule has 0 bridgehead atoms. The van der Waals surface area contributed by atoms with Crippen LogP contribution in [0, 0.1) is 10.1 Å². The van der Waals surface area contributed by atoms with Crippen molar-refractivity contribution < 1.29 is 33.5 Å². The van der Waals surface area contributed by atoms with Crippen molar-refractivity contribution in [3.8, 4) is 23.0 Å². The monoisotopic (exact) mass is 506 g/mol. The lowest BCUT2D eigenvalue weighted by Crippen LogP contribution is -2.34. The van der Waals surface area contributed by atoms with Gasteiger partial charge in [0.05, 0.1) is 36.4 Å². The molecule has 0 fully saturated rings. The first-order valence-electron chi connectivity index (χ1n) is 11.0. The zero-order valence-corrected chi connectivity index (χ0v) is 19.6. The maximum atomic E-state index is 12.3. The van der Waals surface area contributed by atoms with E-state index in [0.717, 1.165) is 11.8 Å². The lowest BCUT2D eigenvalue weighted by atomic mass is 10.1. The van der Waals surface area contributed by atoms with Gasteiger partial charge in [0.2, 0.25) is 6.79 Å². The van der Waals surface area contributed by atoms with E-state index in [0.29, 0.717) is 11.5 Å². The zero-order chi connectivity index (χ0) is 26.2. The molecule has 0 saturated carbocycles. The third kappa shape index (κ3) is 6.31. The molecule has 1 aliphatic heterocycles. The molecule has 0 aliphatic carbocycles. The minimum absolute atomic E-state index is 0.0777. The highest BCUT2D eigenvalue weighted by Gasteiger charge is 2.20. The smallest absolute Gasteiger partial charge is 0.282 e. The summed E-state index contributed by atoms with van der Waals surface area (Å²) in [4.78, 5) is 35.4. The summed E-state index contributed by atoms with van der Waals surface area (Å²) in [5, 5.41) is 17.8. The second-order valence-corrected chi connectivity index (χ2v) is 7.64. The largest absolute Gasteiger partial charge is 0.493 e. The minimum atomic E-state index is -0.636. The van der Waals surface area contributed by atoms with Crippen LogP contribution in [0.15, 0.2) is 65.8 Å². The van der Waals surface area contributed by atoms with Crippen LogP contribution >= 0.6 is 0 Å². The normalized spacial score (nSPS) is 11.7. The number of nitrogens with one attached hydrogen (secondary N) is 2. The highest BCUT2D eigenvalue weighted by Crippen LogP contribution is 2.35. The van der Waals surface area contributed by atoms with E-state index in [1.807, 2.05) is 30.3 Å². The van der Waals surface area contributed by atoms with E-state index in [2.05, 4.69) is 15.8 Å². The van der Waals surface area contributed by atoms with Crippen LogP contribution in [0.2, 0.25) is 0 Å². The van der Waals surface area contributed by atoms with Crippen LogP contribution in [0.4, 0.5) is 5.69 Å². The molecule has 0 saturated heterocycles. The number of methoxy groups -OCH3 is 1. The summed E-state index contributed by atoms with van der Waals surface area (Å²) >= 11 is 0. The van der Waals surface area contributed by atoms with Crippen molar-refractivity contribution in [3.63, 3.8) is 0 Å². The molecule has 3 aromatic carbocycles. The Morgan fingerprint density at radius 2 is 1.86 bits per heavy atom. The highest BCUT2D eigenvalue weighted by atomic mass is 16.7. The Morgan fingerprint density at radius 3 is 2.62 bits per heavy atom. The summed E-state index contributed by atoms with van der Waals surface area (Å²) < 4.78 is 21.5. The number of nitro benzene ring substituents is 1. The van der Waals surface area contributed by atoms with Gasteiger partial charge in [-0.3, -0.25) is 19.7 Å². The van der Waals surface area contributed by atoms with Gasteiger partial charge in [-0.1, -0.05) is 30.3 Å². The molecule has 3 aromatic rings. The summed E-state index contributed by atoms with van der Waals surface area (Å²) in [6.45, 7) is -0.105. The number of carbonyl (C=O) groups excluding carboxylic acids is 2. The second-order valence-electron chi connectivity index (χ2n) is 7.64. The topological polar surface area (TPSA) is 151 Å². The first-order valence-corrected chi connectivity index (χ1v) is 11.0. The molecular formula is C25H22N4O8. The maximum Gasteiger partial charge on any atom is 0.282 e. The Labute approximate surface area is 210 Å². The Hall–Kier alpha value is -5.13. The number of hydrazone groups is 1. The van der Waals surface area contributed by atoms with Gasteiger partial charge in [0.15, 0.2) is 23.0 Å². The van der Waals surface area contributed by atoms with Crippen LogP contribution in [0.1, 0.15) is 21.5 Å². The Morgan fingerprint density at radius 1 is 1.08 bits per heavy atom. The highest BCUT2D eigenvalue weighted by molar-refractivity contribution is 5.97. The zero-order valence-electron chi connectivity index (χ0n) is 19.6. The van der Waals surface area contributed by atoms with Gasteiger partial charge in [0.25, 0.3) is 17.5 Å². The molecule has 12 nitrogen and oxygen atoms in total. The van der Waals surface area contributed by atoms with Crippen molar-refractivity contribution in [1.82, 2.24) is 10.7 Å². The number of nitrogens with zero attached hydrogens (tertiary/aromatic N) is 2. The third-order valence-corrected chi connectivity index (χ3v) is 5.18. The quantitative estimate of drug-likeness (QED) is 0.242. The number of carbonyl (C=O) groups is 2. The lowest BCUT2D eigenvalue weighted by Gasteiger charge is -2.12. The fourth-order valence-electron chi connectivity index (χ4n) is 3.35. The number of rotatable bonds is 10. The number of benzene rings is 3.